The first-order chi connectivity index (χ1) is 11.7. The highest BCUT2D eigenvalue weighted by Crippen LogP contribution is 2.34. The monoisotopic (exact) mass is 352 g/mol. The Morgan fingerprint density at radius 3 is 2.16 bits per heavy atom. The largest absolute Gasteiger partial charge is 0.390 e. The summed E-state index contributed by atoms with van der Waals surface area (Å²) in [6.45, 7) is 18.1. The molecule has 2 aliphatic rings. The van der Waals surface area contributed by atoms with E-state index in [0.717, 1.165) is 36.8 Å². The van der Waals surface area contributed by atoms with Crippen LogP contribution in [-0.2, 0) is 0 Å². The molecule has 1 aliphatic carbocycles. The Labute approximate surface area is 157 Å². The van der Waals surface area contributed by atoms with Crippen molar-refractivity contribution in [3.63, 3.8) is 0 Å². The number of hydrogen-bond donors (Lipinski definition) is 1. The molecule has 3 nitrogen and oxygen atoms in total. The molecule has 1 saturated carbocycles. The van der Waals surface area contributed by atoms with Crippen molar-refractivity contribution in [3.8, 4) is 0 Å². The maximum absolute atomic E-state index is 10.5. The molecule has 2 fully saturated rings. The van der Waals surface area contributed by atoms with Gasteiger partial charge >= 0.3 is 0 Å². The second-order valence-electron chi connectivity index (χ2n) is 10.2. The molecule has 0 unspecified atom stereocenters. The Morgan fingerprint density at radius 2 is 1.64 bits per heavy atom. The van der Waals surface area contributed by atoms with Crippen LogP contribution in [0.1, 0.15) is 80.1 Å². The van der Waals surface area contributed by atoms with Crippen LogP contribution in [-0.4, -0.2) is 58.8 Å². The molecule has 1 N–H and O–H groups in total. The van der Waals surface area contributed by atoms with Crippen LogP contribution >= 0.6 is 0 Å². The van der Waals surface area contributed by atoms with E-state index in [1.807, 2.05) is 13.8 Å². The molecule has 0 spiro atoms. The average Bonchev–Trinajstić information content (AvgIpc) is 2.51. The number of nitrogens with zero attached hydrogens (tertiary/aromatic N) is 2. The van der Waals surface area contributed by atoms with Crippen molar-refractivity contribution < 1.29 is 5.11 Å². The number of rotatable bonds is 7. The van der Waals surface area contributed by atoms with Gasteiger partial charge in [0.05, 0.1) is 5.60 Å². The Morgan fingerprint density at radius 1 is 1.00 bits per heavy atom. The van der Waals surface area contributed by atoms with Crippen LogP contribution < -0.4 is 0 Å². The van der Waals surface area contributed by atoms with Crippen LogP contribution in [0.5, 0.6) is 0 Å². The van der Waals surface area contributed by atoms with Crippen molar-refractivity contribution in [3.05, 3.63) is 0 Å². The van der Waals surface area contributed by atoms with Crippen LogP contribution in [0.15, 0.2) is 0 Å². The summed E-state index contributed by atoms with van der Waals surface area (Å²) in [5.74, 6) is 2.54. The lowest BCUT2D eigenvalue weighted by Crippen LogP contribution is -2.58. The minimum atomic E-state index is -0.570. The molecular weight excluding hydrogens is 308 g/mol. The van der Waals surface area contributed by atoms with E-state index in [1.165, 1.54) is 51.7 Å². The van der Waals surface area contributed by atoms with E-state index in [-0.39, 0.29) is 0 Å². The summed E-state index contributed by atoms with van der Waals surface area (Å²) in [4.78, 5) is 5.42. The van der Waals surface area contributed by atoms with E-state index in [9.17, 15) is 5.11 Å². The topological polar surface area (TPSA) is 26.7 Å². The Balaban J connectivity index is 1.96. The van der Waals surface area contributed by atoms with Crippen LogP contribution in [0.25, 0.3) is 0 Å². The van der Waals surface area contributed by atoms with Gasteiger partial charge in [-0.25, -0.2) is 0 Å². The van der Waals surface area contributed by atoms with Crippen LogP contribution in [0.3, 0.4) is 0 Å². The Bertz CT molecular complexity index is 380. The quantitative estimate of drug-likeness (QED) is 0.736. The Kier molecular flexibility index (Phi) is 7.79. The first-order valence-electron chi connectivity index (χ1n) is 10.9. The summed E-state index contributed by atoms with van der Waals surface area (Å²) in [6, 6.07) is 1.26. The van der Waals surface area contributed by atoms with Gasteiger partial charge in [-0.05, 0) is 76.7 Å². The molecule has 1 heterocycles. The lowest BCUT2D eigenvalue weighted by atomic mass is 9.78. The highest BCUT2D eigenvalue weighted by atomic mass is 16.3. The summed E-state index contributed by atoms with van der Waals surface area (Å²) in [7, 11) is 0. The van der Waals surface area contributed by atoms with Gasteiger partial charge in [0.2, 0.25) is 0 Å². The fourth-order valence-corrected chi connectivity index (χ4v) is 4.92. The number of hydrogen-bond acceptors (Lipinski definition) is 3. The molecule has 2 rings (SSSR count). The van der Waals surface area contributed by atoms with Crippen LogP contribution in [0.2, 0.25) is 0 Å². The van der Waals surface area contributed by atoms with Crippen molar-refractivity contribution in [2.24, 2.45) is 17.8 Å². The van der Waals surface area contributed by atoms with Crippen molar-refractivity contribution in [1.82, 2.24) is 9.80 Å². The maximum Gasteiger partial charge on any atom is 0.0607 e. The summed E-state index contributed by atoms with van der Waals surface area (Å²) in [6.07, 6.45) is 7.69. The smallest absolute Gasteiger partial charge is 0.0607 e. The summed E-state index contributed by atoms with van der Waals surface area (Å²) in [5, 5.41) is 10.5. The molecule has 0 bridgehead atoms. The van der Waals surface area contributed by atoms with Gasteiger partial charge in [0.25, 0.3) is 0 Å². The first kappa shape index (κ1) is 21.2. The molecule has 0 aromatic rings. The molecule has 1 saturated heterocycles. The molecule has 148 valence electrons. The van der Waals surface area contributed by atoms with E-state index in [0.29, 0.717) is 6.04 Å². The highest BCUT2D eigenvalue weighted by molar-refractivity contribution is 4.92. The van der Waals surface area contributed by atoms with Gasteiger partial charge in [-0.1, -0.05) is 27.7 Å². The molecule has 25 heavy (non-hydrogen) atoms. The van der Waals surface area contributed by atoms with Gasteiger partial charge in [-0.15, -0.1) is 0 Å². The minimum Gasteiger partial charge on any atom is -0.390 e. The SMILES string of the molecule is CC(C)CCN1CCN(C2CCC(C(C)C)CC2)[C@H](CC(C)(C)O)C1. The number of piperazine rings is 1. The molecular formula is C22H44N2O. The predicted octanol–water partition coefficient (Wildman–Crippen LogP) is 4.39. The molecule has 0 radical (unpaired) electrons. The molecule has 1 aliphatic heterocycles. The van der Waals surface area contributed by atoms with Gasteiger partial charge in [0.15, 0.2) is 0 Å². The van der Waals surface area contributed by atoms with E-state index in [4.69, 9.17) is 0 Å². The second-order valence-corrected chi connectivity index (χ2v) is 10.2. The fraction of sp³-hybridized carbons (Fsp3) is 1.00. The minimum absolute atomic E-state index is 0.515. The zero-order valence-corrected chi connectivity index (χ0v) is 17.8. The standard InChI is InChI=1S/C22H44N2O/c1-17(2)11-12-23-13-14-24(21(16-23)15-22(5,6)25)20-9-7-19(8-10-20)18(3)4/h17-21,25H,7-16H2,1-6H3/t19?,20?,21-/m1/s1. The van der Waals surface area contributed by atoms with E-state index in [2.05, 4.69) is 37.5 Å². The average molecular weight is 353 g/mol. The second kappa shape index (κ2) is 9.19. The zero-order chi connectivity index (χ0) is 18.6. The maximum atomic E-state index is 10.5. The summed E-state index contributed by atoms with van der Waals surface area (Å²) < 4.78 is 0. The molecule has 1 atom stereocenters. The molecule has 0 aromatic carbocycles. The van der Waals surface area contributed by atoms with Crippen molar-refractivity contribution >= 4 is 0 Å². The van der Waals surface area contributed by atoms with Gasteiger partial charge in [-0.3, -0.25) is 4.90 Å². The third kappa shape index (κ3) is 6.84. The third-order valence-corrected chi connectivity index (χ3v) is 6.52. The molecule has 3 heteroatoms. The lowest BCUT2D eigenvalue weighted by Gasteiger charge is -2.49. The third-order valence-electron chi connectivity index (χ3n) is 6.52. The van der Waals surface area contributed by atoms with Gasteiger partial charge < -0.3 is 10.0 Å². The summed E-state index contributed by atoms with van der Waals surface area (Å²) in [5.41, 5.74) is -0.570. The van der Waals surface area contributed by atoms with Crippen molar-refractivity contribution in [2.45, 2.75) is 97.8 Å². The summed E-state index contributed by atoms with van der Waals surface area (Å²) >= 11 is 0. The fourth-order valence-electron chi connectivity index (χ4n) is 4.92. The van der Waals surface area contributed by atoms with Gasteiger partial charge in [0.1, 0.15) is 0 Å². The van der Waals surface area contributed by atoms with Gasteiger partial charge in [0, 0.05) is 31.7 Å². The molecule has 0 amide bonds. The predicted molar refractivity (Wildman–Crippen MR) is 108 cm³/mol. The molecule has 0 aromatic heterocycles. The van der Waals surface area contributed by atoms with E-state index in [1.54, 1.807) is 0 Å². The van der Waals surface area contributed by atoms with E-state index >= 15 is 0 Å². The normalized spacial score (nSPS) is 30.4. The highest BCUT2D eigenvalue weighted by Gasteiger charge is 2.36. The van der Waals surface area contributed by atoms with Crippen LogP contribution in [0.4, 0.5) is 0 Å². The zero-order valence-electron chi connectivity index (χ0n) is 17.8. The number of aliphatic hydroxyl groups is 1. The lowest BCUT2D eigenvalue weighted by molar-refractivity contribution is -0.0271. The van der Waals surface area contributed by atoms with E-state index < -0.39 is 5.60 Å². The van der Waals surface area contributed by atoms with Gasteiger partial charge in [-0.2, -0.15) is 0 Å². The Hall–Kier alpha value is -0.120. The van der Waals surface area contributed by atoms with Crippen molar-refractivity contribution in [1.29, 1.82) is 0 Å². The van der Waals surface area contributed by atoms with Crippen molar-refractivity contribution in [2.75, 3.05) is 26.2 Å². The van der Waals surface area contributed by atoms with Crippen LogP contribution in [0, 0.1) is 17.8 Å². The first-order valence-corrected chi connectivity index (χ1v) is 10.9.